The molecule has 0 unspecified atom stereocenters. The third kappa shape index (κ3) is 5.92. The molecule has 5 aromatic carbocycles. The van der Waals surface area contributed by atoms with Gasteiger partial charge in [-0.15, -0.1) is 33.7 Å². The summed E-state index contributed by atoms with van der Waals surface area (Å²) >= 11 is 1.46. The first-order valence-corrected chi connectivity index (χ1v) is 13.8. The van der Waals surface area contributed by atoms with Crippen molar-refractivity contribution >= 4 is 30.3 Å². The van der Waals surface area contributed by atoms with Gasteiger partial charge in [0.2, 0.25) is 0 Å². The van der Waals surface area contributed by atoms with E-state index in [4.69, 9.17) is 0 Å². The van der Waals surface area contributed by atoms with Gasteiger partial charge < -0.3 is 24.8 Å². The van der Waals surface area contributed by atoms with Gasteiger partial charge in [0.25, 0.3) is 0 Å². The fourth-order valence-electron chi connectivity index (χ4n) is 5.28. The molecule has 3 heteroatoms. The Morgan fingerprint density at radius 3 is 1.89 bits per heavy atom. The molecule has 1 aliphatic carbocycles. The van der Waals surface area contributed by atoms with E-state index in [1.165, 1.54) is 93.5 Å². The zero-order valence-corrected chi connectivity index (χ0v) is 26.2. The summed E-state index contributed by atoms with van der Waals surface area (Å²) in [4.78, 5) is 0. The average Bonchev–Trinajstić information content (AvgIpc) is 3.57. The van der Waals surface area contributed by atoms with Crippen molar-refractivity contribution < 1.29 is 49.0 Å². The molecule has 190 valence electrons. The number of hydrogen-bond donors (Lipinski definition) is 0. The van der Waals surface area contributed by atoms with E-state index in [9.17, 15) is 0 Å². The summed E-state index contributed by atoms with van der Waals surface area (Å²) in [7, 11) is 0. The molecule has 0 heterocycles. The maximum absolute atomic E-state index is 2.39. The van der Waals surface area contributed by atoms with Crippen LogP contribution >= 0.6 is 0 Å². The Morgan fingerprint density at radius 2 is 1.34 bits per heavy atom. The molecule has 38 heavy (non-hydrogen) atoms. The standard InChI is InChI=1S/C22H21.C13H10.2ClH.Zr/c1-13-9-10-19-18(11-13)12-20-21(17-7-5-6-8-17)15(3)14(2)16(4)22(19)20;1-3-7-12(8-4-1)11-13-9-5-2-6-10-13;;;/h5-7,9-12H,8H2,1-4H3;1-10H;2*1H;/q-1;;;;+2/p-2. The van der Waals surface area contributed by atoms with Crippen LogP contribution in [0.5, 0.6) is 0 Å². The normalized spacial score (nSPS) is 11.9. The van der Waals surface area contributed by atoms with Gasteiger partial charge in [-0.25, -0.2) is 0 Å². The number of benzene rings is 4. The van der Waals surface area contributed by atoms with E-state index in [1.807, 2.05) is 0 Å². The van der Waals surface area contributed by atoms with Crippen LogP contribution in [0.2, 0.25) is 0 Å². The molecule has 0 spiro atoms. The van der Waals surface area contributed by atoms with Crippen molar-refractivity contribution in [3.8, 4) is 0 Å². The molecule has 0 atom stereocenters. The Hall–Kier alpha value is -2.44. The Morgan fingerprint density at radius 1 is 0.737 bits per heavy atom. The van der Waals surface area contributed by atoms with Gasteiger partial charge in [0.05, 0.1) is 0 Å². The summed E-state index contributed by atoms with van der Waals surface area (Å²) in [5.41, 5.74) is 11.2. The van der Waals surface area contributed by atoms with Gasteiger partial charge >= 0.3 is 99.2 Å². The predicted molar refractivity (Wildman–Crippen MR) is 154 cm³/mol. The van der Waals surface area contributed by atoms with Crippen molar-refractivity contribution in [2.75, 3.05) is 0 Å². The Balaban J connectivity index is 0.000000219. The fourth-order valence-corrected chi connectivity index (χ4v) is 6.10. The molecule has 0 radical (unpaired) electrons. The molecule has 1 aliphatic rings. The summed E-state index contributed by atoms with van der Waals surface area (Å²) in [5, 5.41) is 5.64. The Kier molecular flexibility index (Phi) is 10.4. The first-order chi connectivity index (χ1) is 17.5. The van der Waals surface area contributed by atoms with Gasteiger partial charge in [-0.2, -0.15) is 0 Å². The molecule has 0 bridgehead atoms. The van der Waals surface area contributed by atoms with Crippen molar-refractivity contribution in [1.82, 2.24) is 0 Å². The predicted octanol–water partition coefficient (Wildman–Crippen LogP) is 3.10. The second-order valence-electron chi connectivity index (χ2n) is 9.70. The van der Waals surface area contributed by atoms with Crippen molar-refractivity contribution in [2.24, 2.45) is 0 Å². The van der Waals surface area contributed by atoms with Gasteiger partial charge in [-0.1, -0.05) is 63.8 Å². The van der Waals surface area contributed by atoms with Crippen LogP contribution in [0.15, 0.2) is 103 Å². The van der Waals surface area contributed by atoms with Gasteiger partial charge in [-0.3, -0.25) is 0 Å². The van der Waals surface area contributed by atoms with Crippen LogP contribution in [0.3, 0.4) is 0 Å². The molecule has 0 aromatic heterocycles. The van der Waals surface area contributed by atoms with Gasteiger partial charge in [0.15, 0.2) is 0 Å². The van der Waals surface area contributed by atoms with Crippen LogP contribution in [0.25, 0.3) is 27.1 Å². The Bertz CT molecular complexity index is 1600. The molecule has 0 N–H and O–H groups in total. The summed E-state index contributed by atoms with van der Waals surface area (Å²) in [6.45, 7) is 8.99. The van der Waals surface area contributed by atoms with E-state index in [-0.39, 0.29) is 24.8 Å². The first kappa shape index (κ1) is 30.1. The van der Waals surface area contributed by atoms with Gasteiger partial charge in [0.1, 0.15) is 0 Å². The molecule has 6 rings (SSSR count). The van der Waals surface area contributed by atoms with Gasteiger partial charge in [-0.05, 0) is 34.1 Å². The quantitative estimate of drug-likeness (QED) is 0.275. The Labute approximate surface area is 254 Å². The molecule has 0 saturated carbocycles. The van der Waals surface area contributed by atoms with E-state index in [1.54, 1.807) is 0 Å². The number of rotatable bonds is 3. The van der Waals surface area contributed by atoms with Crippen LogP contribution in [-0.2, 0) is 24.2 Å². The zero-order valence-electron chi connectivity index (χ0n) is 22.3. The van der Waals surface area contributed by atoms with E-state index in [0.717, 1.165) is 6.42 Å². The maximum atomic E-state index is 2.39. The average molecular weight is 614 g/mol. The number of aryl methyl sites for hydroxylation is 2. The molecular weight excluding hydrogens is 583 g/mol. The van der Waals surface area contributed by atoms with Crippen molar-refractivity contribution in [2.45, 2.75) is 34.1 Å². The van der Waals surface area contributed by atoms with Crippen LogP contribution in [0.1, 0.15) is 45.4 Å². The topological polar surface area (TPSA) is 0 Å². The fraction of sp³-hybridized carbons (Fsp3) is 0.143. The monoisotopic (exact) mass is 611 g/mol. The van der Waals surface area contributed by atoms with Crippen LogP contribution in [0.4, 0.5) is 0 Å². The molecule has 0 fully saturated rings. The van der Waals surface area contributed by atoms with Gasteiger partial charge in [0, 0.05) is 0 Å². The molecule has 0 saturated heterocycles. The minimum atomic E-state index is 0. The number of hydrogen-bond acceptors (Lipinski definition) is 0. The SMILES string of the molecule is Cc1ccc2c(c1)[cH-]c1c(C3=CC=CC3)c(C)c(C)c(C)c12.[Cl-].[Cl-].[Zr+2]=[C](c1ccccc1)c1ccccc1. The number of halogens is 2. The third-order valence-electron chi connectivity index (χ3n) is 7.41. The molecule has 0 aliphatic heterocycles. The molecule has 0 amide bonds. The van der Waals surface area contributed by atoms with Crippen molar-refractivity contribution in [1.29, 1.82) is 0 Å². The van der Waals surface area contributed by atoms with E-state index >= 15 is 0 Å². The zero-order chi connectivity index (χ0) is 25.2. The summed E-state index contributed by atoms with van der Waals surface area (Å²) in [6, 6.07) is 30.3. The second kappa shape index (κ2) is 13.1. The number of allylic oxidation sites excluding steroid dienone is 4. The minimum absolute atomic E-state index is 0. The summed E-state index contributed by atoms with van der Waals surface area (Å²) < 4.78 is 1.42. The van der Waals surface area contributed by atoms with Crippen molar-refractivity contribution in [3.05, 3.63) is 142 Å². The number of fused-ring (bicyclic) bond motifs is 3. The van der Waals surface area contributed by atoms with Crippen LogP contribution in [0, 0.1) is 27.7 Å². The molecular formula is C35H31Cl2Zr-. The van der Waals surface area contributed by atoms with Crippen LogP contribution < -0.4 is 24.8 Å². The third-order valence-corrected chi connectivity index (χ3v) is 8.83. The first-order valence-electron chi connectivity index (χ1n) is 12.6. The molecule has 5 aromatic rings. The molecule has 0 nitrogen and oxygen atoms in total. The van der Waals surface area contributed by atoms with E-state index in [0.29, 0.717) is 0 Å². The van der Waals surface area contributed by atoms with E-state index in [2.05, 4.69) is 131 Å². The summed E-state index contributed by atoms with van der Waals surface area (Å²) in [6.07, 6.45) is 7.77. The second-order valence-corrected chi connectivity index (χ2v) is 10.9. The summed E-state index contributed by atoms with van der Waals surface area (Å²) in [5.74, 6) is 0. The van der Waals surface area contributed by atoms with E-state index < -0.39 is 0 Å². The van der Waals surface area contributed by atoms with Crippen molar-refractivity contribution in [3.63, 3.8) is 0 Å². The van der Waals surface area contributed by atoms with Crippen LogP contribution in [-0.4, -0.2) is 3.21 Å².